The van der Waals surface area contributed by atoms with Gasteiger partial charge in [-0.1, -0.05) is 13.3 Å². The molecule has 1 heterocycles. The fourth-order valence-electron chi connectivity index (χ4n) is 2.37. The summed E-state index contributed by atoms with van der Waals surface area (Å²) in [6.07, 6.45) is 5.94. The predicted molar refractivity (Wildman–Crippen MR) is 68.7 cm³/mol. The van der Waals surface area contributed by atoms with Crippen LogP contribution >= 0.6 is 0 Å². The molecule has 2 atom stereocenters. The van der Waals surface area contributed by atoms with Gasteiger partial charge >= 0.3 is 0 Å². The van der Waals surface area contributed by atoms with Crippen molar-refractivity contribution in [1.82, 2.24) is 10.2 Å². The lowest BCUT2D eigenvalue weighted by Crippen LogP contribution is -2.44. The van der Waals surface area contributed by atoms with Crippen LogP contribution in [0.1, 0.15) is 46.0 Å². The predicted octanol–water partition coefficient (Wildman–Crippen LogP) is 1.61. The van der Waals surface area contributed by atoms with Gasteiger partial charge in [-0.3, -0.25) is 0 Å². The molecule has 1 fully saturated rings. The Balaban J connectivity index is 2.25. The zero-order valence-corrected chi connectivity index (χ0v) is 10.9. The number of nitrogens with one attached hydrogen (secondary N) is 1. The second-order valence-corrected chi connectivity index (χ2v) is 5.09. The topological polar surface area (TPSA) is 35.5 Å². The molecule has 1 saturated heterocycles. The Morgan fingerprint density at radius 2 is 2.19 bits per heavy atom. The fraction of sp³-hybridized carbons (Fsp3) is 1.00. The third-order valence-corrected chi connectivity index (χ3v) is 3.29. The molecule has 0 bridgehead atoms. The molecule has 0 radical (unpaired) electrons. The summed E-state index contributed by atoms with van der Waals surface area (Å²) < 4.78 is 0. The maximum atomic E-state index is 9.33. The number of rotatable bonds is 7. The first-order valence-corrected chi connectivity index (χ1v) is 6.86. The molecule has 2 unspecified atom stereocenters. The minimum absolute atomic E-state index is 0.168. The number of nitrogens with zero attached hydrogens (tertiary/aromatic N) is 1. The third kappa shape index (κ3) is 5.83. The van der Waals surface area contributed by atoms with Gasteiger partial charge < -0.3 is 15.3 Å². The van der Waals surface area contributed by atoms with Crippen LogP contribution in [-0.4, -0.2) is 48.3 Å². The molecule has 1 aliphatic rings. The molecule has 0 aromatic carbocycles. The highest BCUT2D eigenvalue weighted by atomic mass is 16.3. The number of aliphatic hydroxyl groups is 1. The second-order valence-electron chi connectivity index (χ2n) is 5.09. The molecule has 0 saturated carbocycles. The lowest BCUT2D eigenvalue weighted by molar-refractivity contribution is 0.147. The van der Waals surface area contributed by atoms with Crippen LogP contribution in [0.5, 0.6) is 0 Å². The maximum Gasteiger partial charge on any atom is 0.0524 e. The average molecular weight is 228 g/mol. The van der Waals surface area contributed by atoms with E-state index in [1.165, 1.54) is 32.2 Å². The van der Waals surface area contributed by atoms with Gasteiger partial charge in [0.15, 0.2) is 0 Å². The van der Waals surface area contributed by atoms with Gasteiger partial charge in [0, 0.05) is 19.1 Å². The van der Waals surface area contributed by atoms with E-state index >= 15 is 0 Å². The molecule has 3 heteroatoms. The molecular weight excluding hydrogens is 200 g/mol. The zero-order valence-electron chi connectivity index (χ0n) is 10.9. The average Bonchev–Trinajstić information content (AvgIpc) is 2.27. The monoisotopic (exact) mass is 228 g/mol. The molecule has 0 aliphatic carbocycles. The quantitative estimate of drug-likeness (QED) is 0.695. The van der Waals surface area contributed by atoms with Crippen molar-refractivity contribution in [2.45, 2.75) is 58.1 Å². The van der Waals surface area contributed by atoms with Crippen molar-refractivity contribution in [1.29, 1.82) is 0 Å². The van der Waals surface area contributed by atoms with Crippen molar-refractivity contribution < 1.29 is 5.11 Å². The van der Waals surface area contributed by atoms with E-state index in [2.05, 4.69) is 17.1 Å². The lowest BCUT2D eigenvalue weighted by atomic mass is 10.0. The van der Waals surface area contributed by atoms with Crippen molar-refractivity contribution in [2.75, 3.05) is 26.2 Å². The molecule has 2 N–H and O–H groups in total. The smallest absolute Gasteiger partial charge is 0.0524 e. The lowest BCUT2D eigenvalue weighted by Gasteiger charge is -2.30. The summed E-state index contributed by atoms with van der Waals surface area (Å²) in [5.74, 6) is 0. The Morgan fingerprint density at radius 3 is 2.75 bits per heavy atom. The molecule has 0 aromatic heterocycles. The summed E-state index contributed by atoms with van der Waals surface area (Å²) in [4.78, 5) is 2.50. The molecular formula is C13H28N2O. The van der Waals surface area contributed by atoms with Gasteiger partial charge in [0.05, 0.1) is 6.10 Å². The van der Waals surface area contributed by atoms with E-state index in [1.807, 2.05) is 6.92 Å². The van der Waals surface area contributed by atoms with Crippen molar-refractivity contribution in [2.24, 2.45) is 0 Å². The van der Waals surface area contributed by atoms with E-state index < -0.39 is 0 Å². The summed E-state index contributed by atoms with van der Waals surface area (Å²) in [5.41, 5.74) is 0. The van der Waals surface area contributed by atoms with Gasteiger partial charge in [-0.25, -0.2) is 0 Å². The fourth-order valence-corrected chi connectivity index (χ4v) is 2.37. The maximum absolute atomic E-state index is 9.33. The van der Waals surface area contributed by atoms with E-state index in [0.717, 1.165) is 26.1 Å². The van der Waals surface area contributed by atoms with Gasteiger partial charge in [0.1, 0.15) is 0 Å². The van der Waals surface area contributed by atoms with Gasteiger partial charge in [0.2, 0.25) is 0 Å². The van der Waals surface area contributed by atoms with Crippen molar-refractivity contribution in [3.8, 4) is 0 Å². The molecule has 3 nitrogen and oxygen atoms in total. The highest BCUT2D eigenvalue weighted by molar-refractivity contribution is 4.76. The van der Waals surface area contributed by atoms with Crippen LogP contribution in [0.25, 0.3) is 0 Å². The largest absolute Gasteiger partial charge is 0.393 e. The van der Waals surface area contributed by atoms with Crippen LogP contribution in [0.3, 0.4) is 0 Å². The summed E-state index contributed by atoms with van der Waals surface area (Å²) >= 11 is 0. The number of hydrogen-bond acceptors (Lipinski definition) is 3. The van der Waals surface area contributed by atoms with Crippen molar-refractivity contribution >= 4 is 0 Å². The third-order valence-electron chi connectivity index (χ3n) is 3.29. The normalized spacial score (nSPS) is 23.6. The Labute approximate surface area is 100 Å². The molecule has 0 amide bonds. The zero-order chi connectivity index (χ0) is 11.8. The standard InChI is InChI=1S/C13H28N2O/c1-3-9-15(10-7-12(2)16)11-13-6-4-5-8-14-13/h12-14,16H,3-11H2,1-2H3. The van der Waals surface area contributed by atoms with E-state index in [4.69, 9.17) is 0 Å². The molecule has 0 aromatic rings. The Hall–Kier alpha value is -0.120. The summed E-state index contributed by atoms with van der Waals surface area (Å²) in [6, 6.07) is 0.675. The Bertz CT molecular complexity index is 167. The van der Waals surface area contributed by atoms with Crippen LogP contribution in [0.2, 0.25) is 0 Å². The summed E-state index contributed by atoms with van der Waals surface area (Å²) in [5, 5.41) is 12.9. The summed E-state index contributed by atoms with van der Waals surface area (Å²) in [6.45, 7) is 8.63. The van der Waals surface area contributed by atoms with Gasteiger partial charge in [0.25, 0.3) is 0 Å². The summed E-state index contributed by atoms with van der Waals surface area (Å²) in [7, 11) is 0. The van der Waals surface area contributed by atoms with Crippen LogP contribution < -0.4 is 5.32 Å². The number of piperidine rings is 1. The van der Waals surface area contributed by atoms with Crippen LogP contribution in [0, 0.1) is 0 Å². The van der Waals surface area contributed by atoms with Crippen LogP contribution in [-0.2, 0) is 0 Å². The van der Waals surface area contributed by atoms with Crippen LogP contribution in [0.15, 0.2) is 0 Å². The highest BCUT2D eigenvalue weighted by Gasteiger charge is 2.16. The molecule has 1 rings (SSSR count). The van der Waals surface area contributed by atoms with Gasteiger partial charge in [-0.15, -0.1) is 0 Å². The van der Waals surface area contributed by atoms with Gasteiger partial charge in [-0.2, -0.15) is 0 Å². The first-order valence-electron chi connectivity index (χ1n) is 6.86. The number of hydrogen-bond donors (Lipinski definition) is 2. The van der Waals surface area contributed by atoms with Crippen LogP contribution in [0.4, 0.5) is 0 Å². The van der Waals surface area contributed by atoms with E-state index in [9.17, 15) is 5.11 Å². The molecule has 0 spiro atoms. The minimum atomic E-state index is -0.168. The molecule has 96 valence electrons. The van der Waals surface area contributed by atoms with E-state index in [-0.39, 0.29) is 6.10 Å². The molecule has 16 heavy (non-hydrogen) atoms. The second kappa shape index (κ2) is 8.04. The highest BCUT2D eigenvalue weighted by Crippen LogP contribution is 2.09. The van der Waals surface area contributed by atoms with Crippen molar-refractivity contribution in [3.63, 3.8) is 0 Å². The van der Waals surface area contributed by atoms with E-state index in [1.54, 1.807) is 0 Å². The molecule has 1 aliphatic heterocycles. The van der Waals surface area contributed by atoms with Gasteiger partial charge in [-0.05, 0) is 45.7 Å². The Morgan fingerprint density at radius 1 is 1.38 bits per heavy atom. The van der Waals surface area contributed by atoms with Crippen molar-refractivity contribution in [3.05, 3.63) is 0 Å². The minimum Gasteiger partial charge on any atom is -0.393 e. The Kier molecular flexibility index (Phi) is 7.01. The SMILES string of the molecule is CCCN(CCC(C)O)CC1CCCCN1. The first-order chi connectivity index (χ1) is 7.72. The number of aliphatic hydroxyl groups excluding tert-OH is 1. The first kappa shape index (κ1) is 13.9. The van der Waals surface area contributed by atoms with E-state index in [0.29, 0.717) is 6.04 Å².